The van der Waals surface area contributed by atoms with Gasteiger partial charge in [0, 0.05) is 25.6 Å². The van der Waals surface area contributed by atoms with Crippen molar-refractivity contribution in [2.45, 2.75) is 13.1 Å². The van der Waals surface area contributed by atoms with Gasteiger partial charge in [-0.25, -0.2) is 4.39 Å². The Morgan fingerprint density at radius 1 is 1.40 bits per heavy atom. The van der Waals surface area contributed by atoms with Crippen LogP contribution < -0.4 is 4.74 Å². The van der Waals surface area contributed by atoms with Crippen LogP contribution in [0.2, 0.25) is 5.02 Å². The molecule has 134 valence electrons. The average Bonchev–Trinajstić information content (AvgIpc) is 2.74. The molecule has 2 aromatic rings. The Morgan fingerprint density at radius 2 is 2.00 bits per heavy atom. The van der Waals surface area contributed by atoms with Crippen molar-refractivity contribution >= 4 is 23.3 Å². The number of alkyl halides is 3. The Balaban J connectivity index is 2.72. The first-order valence-corrected chi connectivity index (χ1v) is 6.77. The molecule has 0 aliphatic carbocycles. The molecule has 2 rings (SSSR count). The number of hydrogen-bond acceptors (Lipinski definition) is 5. The molecule has 12 heteroatoms. The summed E-state index contributed by atoms with van der Waals surface area (Å²) in [5, 5.41) is 13.5. The molecule has 0 aliphatic heterocycles. The van der Waals surface area contributed by atoms with Crippen LogP contribution in [0.15, 0.2) is 12.1 Å². The molecule has 0 saturated heterocycles. The van der Waals surface area contributed by atoms with Crippen molar-refractivity contribution in [1.82, 2.24) is 9.78 Å². The molecule has 25 heavy (non-hydrogen) atoms. The number of benzene rings is 1. The SMILES string of the molecule is CC(=O)Oc1cc(-c2nn(C)c(C(F)(F)F)c2Cl)c(F)cc1[N+](=O)[O-]. The van der Waals surface area contributed by atoms with Crippen LogP contribution in [0.25, 0.3) is 11.3 Å². The molecule has 0 atom stereocenters. The first-order chi connectivity index (χ1) is 11.4. The van der Waals surface area contributed by atoms with Gasteiger partial charge in [-0.05, 0) is 0 Å². The van der Waals surface area contributed by atoms with E-state index in [-0.39, 0.29) is 0 Å². The molecular weight excluding hydrogens is 374 g/mol. The maximum Gasteiger partial charge on any atom is 0.434 e. The summed E-state index contributed by atoms with van der Waals surface area (Å²) in [6.07, 6.45) is -4.85. The Bertz CT molecular complexity index is 879. The number of esters is 1. The molecule has 1 aromatic carbocycles. The van der Waals surface area contributed by atoms with Gasteiger partial charge in [-0.1, -0.05) is 11.6 Å². The third kappa shape index (κ3) is 3.55. The van der Waals surface area contributed by atoms with E-state index in [4.69, 9.17) is 11.6 Å². The van der Waals surface area contributed by atoms with E-state index in [1.807, 2.05) is 0 Å². The topological polar surface area (TPSA) is 87.3 Å². The van der Waals surface area contributed by atoms with E-state index in [9.17, 15) is 32.5 Å². The lowest BCUT2D eigenvalue weighted by Gasteiger charge is -2.07. The highest BCUT2D eigenvalue weighted by atomic mass is 35.5. The van der Waals surface area contributed by atoms with Crippen molar-refractivity contribution in [3.63, 3.8) is 0 Å². The molecule has 0 fully saturated rings. The number of rotatable bonds is 3. The van der Waals surface area contributed by atoms with E-state index in [0.717, 1.165) is 14.0 Å². The summed E-state index contributed by atoms with van der Waals surface area (Å²) in [7, 11) is 0.953. The lowest BCUT2D eigenvalue weighted by atomic mass is 10.1. The highest BCUT2D eigenvalue weighted by Gasteiger charge is 2.39. The predicted molar refractivity (Wildman–Crippen MR) is 76.6 cm³/mol. The van der Waals surface area contributed by atoms with Gasteiger partial charge in [-0.2, -0.15) is 18.3 Å². The number of aromatic nitrogens is 2. The van der Waals surface area contributed by atoms with Crippen LogP contribution in [-0.2, 0) is 18.0 Å². The minimum Gasteiger partial charge on any atom is -0.419 e. The van der Waals surface area contributed by atoms with E-state index in [2.05, 4.69) is 9.84 Å². The van der Waals surface area contributed by atoms with Gasteiger partial charge in [0.25, 0.3) is 0 Å². The van der Waals surface area contributed by atoms with Crippen molar-refractivity contribution in [2.24, 2.45) is 7.05 Å². The Morgan fingerprint density at radius 3 is 2.44 bits per heavy atom. The Labute approximate surface area is 141 Å². The van der Waals surface area contributed by atoms with Crippen LogP contribution in [0.4, 0.5) is 23.2 Å². The van der Waals surface area contributed by atoms with Crippen LogP contribution in [0.3, 0.4) is 0 Å². The lowest BCUT2D eigenvalue weighted by molar-refractivity contribution is -0.385. The van der Waals surface area contributed by atoms with Crippen LogP contribution >= 0.6 is 11.6 Å². The van der Waals surface area contributed by atoms with Crippen molar-refractivity contribution in [2.75, 3.05) is 0 Å². The van der Waals surface area contributed by atoms with E-state index < -0.39 is 56.3 Å². The highest BCUT2D eigenvalue weighted by Crippen LogP contribution is 2.42. The minimum absolute atomic E-state index is 0.407. The van der Waals surface area contributed by atoms with Gasteiger partial charge in [-0.15, -0.1) is 0 Å². The molecule has 1 aromatic heterocycles. The maximum atomic E-state index is 14.2. The molecule has 0 amide bonds. The van der Waals surface area contributed by atoms with Crippen LogP contribution in [-0.4, -0.2) is 20.7 Å². The summed E-state index contributed by atoms with van der Waals surface area (Å²) in [4.78, 5) is 20.9. The van der Waals surface area contributed by atoms with E-state index in [1.165, 1.54) is 0 Å². The summed E-state index contributed by atoms with van der Waals surface area (Å²) in [6, 6.07) is 1.11. The quantitative estimate of drug-likeness (QED) is 0.266. The second-order valence-corrected chi connectivity index (χ2v) is 5.16. The van der Waals surface area contributed by atoms with Gasteiger partial charge in [0.15, 0.2) is 5.69 Å². The number of hydrogen-bond donors (Lipinski definition) is 0. The molecule has 0 aliphatic rings. The summed E-state index contributed by atoms with van der Waals surface area (Å²) in [5.74, 6) is -2.84. The van der Waals surface area contributed by atoms with Gasteiger partial charge in [-0.3, -0.25) is 19.6 Å². The summed E-state index contributed by atoms with van der Waals surface area (Å²) >= 11 is 5.67. The zero-order chi connectivity index (χ0) is 19.1. The maximum absolute atomic E-state index is 14.2. The third-order valence-electron chi connectivity index (χ3n) is 3.01. The Kier molecular flexibility index (Phi) is 4.71. The fraction of sp³-hybridized carbons (Fsp3) is 0.231. The van der Waals surface area contributed by atoms with Gasteiger partial charge < -0.3 is 4.74 Å². The number of carbonyl (C=O) groups excluding carboxylic acids is 1. The number of carbonyl (C=O) groups is 1. The van der Waals surface area contributed by atoms with Gasteiger partial charge in [0.05, 0.1) is 16.0 Å². The zero-order valence-electron chi connectivity index (χ0n) is 12.5. The molecule has 7 nitrogen and oxygen atoms in total. The first kappa shape index (κ1) is 18.6. The molecule has 0 N–H and O–H groups in total. The average molecular weight is 382 g/mol. The predicted octanol–water partition coefficient (Wildman–Crippen LogP) is 3.73. The molecule has 1 heterocycles. The van der Waals surface area contributed by atoms with Crippen molar-refractivity contribution < 1.29 is 32.0 Å². The van der Waals surface area contributed by atoms with Crippen molar-refractivity contribution in [1.29, 1.82) is 0 Å². The standard InChI is InChI=1S/C13H8ClF4N3O4/c1-5(22)25-9-3-6(7(15)4-8(9)21(23)24)11-10(14)12(13(16,17)18)20(2)19-11/h3-4H,1-2H3. The van der Waals surface area contributed by atoms with Crippen LogP contribution in [0.5, 0.6) is 5.75 Å². The Hall–Kier alpha value is -2.69. The smallest absolute Gasteiger partial charge is 0.419 e. The number of halogens is 5. The minimum atomic E-state index is -4.85. The summed E-state index contributed by atoms with van der Waals surface area (Å²) in [5.41, 5.74) is -3.38. The fourth-order valence-electron chi connectivity index (χ4n) is 2.08. The normalized spacial score (nSPS) is 11.5. The molecule has 0 bridgehead atoms. The summed E-state index contributed by atoms with van der Waals surface area (Å²) in [6.45, 7) is 0.947. The van der Waals surface area contributed by atoms with Crippen molar-refractivity contribution in [3.05, 3.63) is 38.8 Å². The number of ether oxygens (including phenoxy) is 1. The number of aryl methyl sites for hydroxylation is 1. The number of nitrogens with zero attached hydrogens (tertiary/aromatic N) is 3. The molecule has 0 saturated carbocycles. The van der Waals surface area contributed by atoms with Gasteiger partial charge in [0.2, 0.25) is 5.75 Å². The third-order valence-corrected chi connectivity index (χ3v) is 3.37. The van der Waals surface area contributed by atoms with Gasteiger partial charge >= 0.3 is 17.8 Å². The molecular formula is C13H8ClF4N3O4. The molecule has 0 spiro atoms. The van der Waals surface area contributed by atoms with E-state index in [0.29, 0.717) is 16.8 Å². The zero-order valence-corrected chi connectivity index (χ0v) is 13.3. The van der Waals surface area contributed by atoms with Crippen LogP contribution in [0.1, 0.15) is 12.6 Å². The first-order valence-electron chi connectivity index (χ1n) is 6.40. The van der Waals surface area contributed by atoms with Gasteiger partial charge in [0.1, 0.15) is 11.5 Å². The largest absolute Gasteiger partial charge is 0.434 e. The van der Waals surface area contributed by atoms with Crippen molar-refractivity contribution in [3.8, 4) is 17.0 Å². The van der Waals surface area contributed by atoms with E-state index >= 15 is 0 Å². The number of nitro benzene ring substituents is 1. The van der Waals surface area contributed by atoms with Crippen LogP contribution in [0, 0.1) is 15.9 Å². The fourth-order valence-corrected chi connectivity index (χ4v) is 2.45. The number of nitro groups is 1. The second kappa shape index (κ2) is 6.31. The molecule has 0 radical (unpaired) electrons. The molecule has 0 unspecified atom stereocenters. The summed E-state index contributed by atoms with van der Waals surface area (Å²) < 4.78 is 58.1. The lowest BCUT2D eigenvalue weighted by Crippen LogP contribution is -2.12. The monoisotopic (exact) mass is 381 g/mol. The van der Waals surface area contributed by atoms with E-state index in [1.54, 1.807) is 0 Å². The highest BCUT2D eigenvalue weighted by molar-refractivity contribution is 6.33. The second-order valence-electron chi connectivity index (χ2n) is 4.78.